The lowest BCUT2D eigenvalue weighted by Crippen LogP contribution is -2.04. The summed E-state index contributed by atoms with van der Waals surface area (Å²) in [4.78, 5) is 0. The molecule has 3 rings (SSSR count). The zero-order valence-electron chi connectivity index (χ0n) is 45.2. The van der Waals surface area contributed by atoms with E-state index >= 15 is 0 Å². The predicted octanol–water partition coefficient (Wildman–Crippen LogP) is 22.1. The van der Waals surface area contributed by atoms with Crippen LogP contribution in [0.5, 0.6) is 0 Å². The van der Waals surface area contributed by atoms with Crippen LogP contribution < -0.4 is 0 Å². The molecule has 0 fully saturated rings. The highest BCUT2D eigenvalue weighted by atomic mass is 15.2. The molecule has 0 atom stereocenters. The monoisotopic (exact) mass is 903 g/mol. The van der Waals surface area contributed by atoms with E-state index in [2.05, 4.69) is 91.8 Å². The minimum absolute atomic E-state index is 0.956. The van der Waals surface area contributed by atoms with Gasteiger partial charge in [0, 0.05) is 16.7 Å². The van der Waals surface area contributed by atoms with Crippen molar-refractivity contribution in [2.75, 3.05) is 0 Å². The predicted molar refractivity (Wildman–Crippen MR) is 295 cm³/mol. The molecule has 0 aliphatic carbocycles. The van der Waals surface area contributed by atoms with Crippen LogP contribution in [0.2, 0.25) is 0 Å². The number of unbranched alkanes of at least 4 members (excludes halogenated alkanes) is 35. The fourth-order valence-corrected chi connectivity index (χ4v) is 10.5. The van der Waals surface area contributed by atoms with E-state index in [1.54, 1.807) is 4.70 Å². The summed E-state index contributed by atoms with van der Waals surface area (Å²) in [6.45, 7) is 17.9. The van der Waals surface area contributed by atoms with Crippen LogP contribution in [-0.2, 0) is 0 Å². The molecule has 0 bridgehead atoms. The first-order valence-corrected chi connectivity index (χ1v) is 29.0. The highest BCUT2D eigenvalue weighted by molar-refractivity contribution is 5.84. The van der Waals surface area contributed by atoms with Gasteiger partial charge in [-0.3, -0.25) is 0 Å². The minimum Gasteiger partial charge on any atom is -0.493 e. The summed E-state index contributed by atoms with van der Waals surface area (Å²) in [5, 5.41) is 0. The first kappa shape index (κ1) is 57.6. The maximum absolute atomic E-state index is 12.4. The van der Waals surface area contributed by atoms with Crippen LogP contribution in [0.25, 0.3) is 16.9 Å². The summed E-state index contributed by atoms with van der Waals surface area (Å²) >= 11 is 0. The van der Waals surface area contributed by atoms with Crippen LogP contribution in [0.4, 0.5) is 0 Å². The molecule has 1 aliphatic rings. The third-order valence-corrected chi connectivity index (χ3v) is 15.5. The van der Waals surface area contributed by atoms with Crippen molar-refractivity contribution in [3.05, 3.63) is 97.6 Å². The van der Waals surface area contributed by atoms with Crippen molar-refractivity contribution < 1.29 is 4.70 Å². The standard InChI is InChI=1S/C64H106N2/c1-9-11-13-15-17-19-21-23-25-26-27-28-29-30-31-32-34-36-38-40-42-44-46-48-62-61(47-45-43-41-39-37-35-33-24-22-20-18-16-14-12-10-2)63(59-49-53(3)57(7)54(4)50-59)66(65)64(62)60-51-55(5)58(8)56(6)52-60/h45,47,49-52H,9-44,46,48H2,1-8H3. The van der Waals surface area contributed by atoms with E-state index in [0.717, 1.165) is 41.8 Å². The molecule has 0 radical (unpaired) electrons. The van der Waals surface area contributed by atoms with Gasteiger partial charge in [0.15, 0.2) is 0 Å². The lowest BCUT2D eigenvalue weighted by Gasteiger charge is -2.14. The van der Waals surface area contributed by atoms with Gasteiger partial charge in [0.25, 0.3) is 0 Å². The zero-order valence-corrected chi connectivity index (χ0v) is 45.2. The van der Waals surface area contributed by atoms with Gasteiger partial charge < -0.3 is 5.53 Å². The van der Waals surface area contributed by atoms with Gasteiger partial charge in [-0.2, -0.15) is 0 Å². The summed E-state index contributed by atoms with van der Waals surface area (Å²) in [7, 11) is 0. The van der Waals surface area contributed by atoms with Gasteiger partial charge >= 0.3 is 0 Å². The van der Waals surface area contributed by atoms with Crippen molar-refractivity contribution in [1.82, 2.24) is 0 Å². The second-order valence-corrected chi connectivity index (χ2v) is 21.3. The van der Waals surface area contributed by atoms with E-state index in [1.807, 2.05) is 0 Å². The average Bonchev–Trinajstić information content (AvgIpc) is 3.58. The van der Waals surface area contributed by atoms with Gasteiger partial charge in [0.1, 0.15) is 0 Å². The molecule has 0 unspecified atom stereocenters. The largest absolute Gasteiger partial charge is 0.493 e. The van der Waals surface area contributed by atoms with E-state index < -0.39 is 0 Å². The highest BCUT2D eigenvalue weighted by Gasteiger charge is 2.35. The Labute approximate surface area is 411 Å². The molecular formula is C64H106N2. The molecule has 0 N–H and O–H groups in total. The molecule has 1 heterocycles. The van der Waals surface area contributed by atoms with Gasteiger partial charge in [0.05, 0.1) is 5.57 Å². The Balaban J connectivity index is 1.50. The molecule has 0 saturated heterocycles. The molecule has 1 aliphatic heterocycles. The lowest BCUT2D eigenvalue weighted by molar-refractivity contribution is -0.345. The normalized spacial score (nSPS) is 13.2. The van der Waals surface area contributed by atoms with E-state index in [4.69, 9.17) is 0 Å². The maximum Gasteiger partial charge on any atom is 0.215 e. The van der Waals surface area contributed by atoms with Crippen molar-refractivity contribution in [2.45, 2.75) is 299 Å². The van der Waals surface area contributed by atoms with E-state index in [1.165, 1.54) is 269 Å². The number of nitrogens with zero attached hydrogens (tertiary/aromatic N) is 2. The van der Waals surface area contributed by atoms with Gasteiger partial charge in [0.2, 0.25) is 11.4 Å². The summed E-state index contributed by atoms with van der Waals surface area (Å²) in [6, 6.07) is 9.22. The Bertz CT molecular complexity index is 1670. The van der Waals surface area contributed by atoms with E-state index in [9.17, 15) is 5.53 Å². The summed E-state index contributed by atoms with van der Waals surface area (Å²) in [5.41, 5.74) is 27.0. The van der Waals surface area contributed by atoms with Gasteiger partial charge in [-0.15, -0.1) is 0 Å². The van der Waals surface area contributed by atoms with E-state index in [0.29, 0.717) is 0 Å². The molecule has 2 aromatic carbocycles. The number of aryl methyl sites for hydroxylation is 4. The van der Waals surface area contributed by atoms with Crippen molar-refractivity contribution in [1.29, 1.82) is 0 Å². The van der Waals surface area contributed by atoms with Gasteiger partial charge in [-0.1, -0.05) is 244 Å². The molecule has 0 saturated carbocycles. The second-order valence-electron chi connectivity index (χ2n) is 21.3. The summed E-state index contributed by atoms with van der Waals surface area (Å²) in [6.07, 6.45) is 57.3. The van der Waals surface area contributed by atoms with Crippen LogP contribution >= 0.6 is 0 Å². The van der Waals surface area contributed by atoms with Crippen LogP contribution in [0.1, 0.15) is 302 Å². The quantitative estimate of drug-likeness (QED) is 0.0469. The second kappa shape index (κ2) is 36.3. The topological polar surface area (TPSA) is 25.3 Å². The molecule has 0 amide bonds. The molecular weight excluding hydrogens is 797 g/mol. The van der Waals surface area contributed by atoms with Crippen LogP contribution in [0.15, 0.2) is 47.6 Å². The van der Waals surface area contributed by atoms with Crippen LogP contribution in [-0.4, -0.2) is 4.70 Å². The smallest absolute Gasteiger partial charge is 0.215 e. The molecule has 2 aromatic rings. The number of allylic oxidation sites excluding steroid dienone is 4. The van der Waals surface area contributed by atoms with Gasteiger partial charge in [-0.05, 0) is 125 Å². The zero-order chi connectivity index (χ0) is 47.6. The molecule has 2 nitrogen and oxygen atoms in total. The van der Waals surface area contributed by atoms with Crippen molar-refractivity contribution >= 4 is 11.4 Å². The number of hydrogen-bond donors (Lipinski definition) is 0. The number of rotatable bonds is 41. The van der Waals surface area contributed by atoms with Crippen LogP contribution in [0, 0.1) is 41.5 Å². The molecule has 0 aromatic heterocycles. The summed E-state index contributed by atoms with van der Waals surface area (Å²) in [5.74, 6) is 0. The minimum atomic E-state index is 0.956. The Morgan fingerprint density at radius 3 is 0.955 bits per heavy atom. The van der Waals surface area contributed by atoms with Crippen LogP contribution in [0.3, 0.4) is 0 Å². The third kappa shape index (κ3) is 22.6. The average molecular weight is 904 g/mol. The van der Waals surface area contributed by atoms with Crippen molar-refractivity contribution in [3.63, 3.8) is 0 Å². The Kier molecular flexibility index (Phi) is 31.6. The number of benzene rings is 2. The first-order valence-electron chi connectivity index (χ1n) is 29.0. The highest BCUT2D eigenvalue weighted by Crippen LogP contribution is 2.44. The van der Waals surface area contributed by atoms with Crippen molar-refractivity contribution in [3.8, 4) is 0 Å². The van der Waals surface area contributed by atoms with Gasteiger partial charge in [-0.25, -0.2) is 4.70 Å². The third-order valence-electron chi connectivity index (χ3n) is 15.5. The Morgan fingerprint density at radius 1 is 0.364 bits per heavy atom. The molecule has 0 spiro atoms. The Hall–Kier alpha value is -2.74. The SMILES string of the molecule is CCCCCCCCCCCCCCCC=CC1=C(c2cc(C)c(C)c(C)c2)[N+](=[N-])C(c2cc(C)c(C)c(C)c2)=C1CCCCCCCCCCCCCCCCCCCCCCCCC. The lowest BCUT2D eigenvalue weighted by atomic mass is 9.91. The molecule has 372 valence electrons. The fraction of sp³-hybridized carbons (Fsp3) is 0.719. The maximum atomic E-state index is 12.4. The fourth-order valence-electron chi connectivity index (χ4n) is 10.5. The number of hydrogen-bond acceptors (Lipinski definition) is 0. The van der Waals surface area contributed by atoms with Crippen molar-refractivity contribution in [2.24, 2.45) is 0 Å². The molecule has 2 heteroatoms. The Morgan fingerprint density at radius 2 is 0.636 bits per heavy atom. The first-order chi connectivity index (χ1) is 32.2. The molecule has 66 heavy (non-hydrogen) atoms. The van der Waals surface area contributed by atoms with E-state index in [-0.39, 0.29) is 0 Å². The summed E-state index contributed by atoms with van der Waals surface area (Å²) < 4.78 is 1.58.